The predicted octanol–water partition coefficient (Wildman–Crippen LogP) is 4.35. The molecule has 0 bridgehead atoms. The van der Waals surface area contributed by atoms with Gasteiger partial charge in [0, 0.05) is 5.69 Å². The van der Waals surface area contributed by atoms with Crippen LogP contribution in [0.25, 0.3) is 5.69 Å². The van der Waals surface area contributed by atoms with Crippen molar-refractivity contribution in [1.82, 2.24) is 24.1 Å². The third kappa shape index (κ3) is 5.60. The van der Waals surface area contributed by atoms with Gasteiger partial charge in [-0.15, -0.1) is 0 Å². The molecule has 0 aliphatic heterocycles. The van der Waals surface area contributed by atoms with Crippen molar-refractivity contribution >= 4 is 35.4 Å². The van der Waals surface area contributed by atoms with E-state index in [0.29, 0.717) is 22.1 Å². The topological polar surface area (TPSA) is 58.3 Å². The first-order chi connectivity index (χ1) is 15.2. The Balaban J connectivity index is 1.82. The van der Waals surface area contributed by atoms with Crippen LogP contribution in [0.5, 0.6) is 0 Å². The largest absolute Gasteiger partial charge is 0.324 e. The van der Waals surface area contributed by atoms with Crippen LogP contribution in [-0.2, 0) is 11.5 Å². The quantitative estimate of drug-likeness (QED) is 0.490. The predicted molar refractivity (Wildman–Crippen MR) is 127 cm³/mol. The number of para-hydroxylation sites is 1. The molecule has 170 valence electrons. The molecule has 1 N–H and O–H groups in total. The van der Waals surface area contributed by atoms with E-state index >= 15 is 0 Å². The molecule has 0 saturated heterocycles. The van der Waals surface area contributed by atoms with E-state index in [0.717, 1.165) is 11.5 Å². The Labute approximate surface area is 197 Å². The molecule has 0 fully saturated rings. The van der Waals surface area contributed by atoms with Crippen molar-refractivity contribution in [3.8, 4) is 5.69 Å². The Morgan fingerprint density at radius 3 is 2.47 bits per heavy atom. The molecule has 0 radical (unpaired) electrons. The monoisotopic (exact) mass is 476 g/mol. The second-order valence-corrected chi connectivity index (χ2v) is 8.55. The number of hydrogen-bond donors (Lipinski definition) is 1. The first-order valence-electron chi connectivity index (χ1n) is 10.0. The van der Waals surface area contributed by atoms with E-state index in [9.17, 15) is 9.18 Å². The number of amides is 1. The number of anilines is 1. The van der Waals surface area contributed by atoms with Crippen LogP contribution in [-0.4, -0.2) is 57.7 Å². The standard InChI is InChI=1S/C22H26ClFN6OS/c1-15(27(2)3)21-26-29(22(32)30(21)17-11-9-16(24)10-12-17)14-28(4)13-20(31)25-19-8-6-5-7-18(19)23/h5-12,15H,13-14H2,1-4H3,(H,25,31)/t15-/m0/s1. The van der Waals surface area contributed by atoms with Crippen molar-refractivity contribution in [2.45, 2.75) is 19.6 Å². The average molecular weight is 477 g/mol. The number of halogens is 2. The molecule has 3 rings (SSSR count). The van der Waals surface area contributed by atoms with Gasteiger partial charge in [0.25, 0.3) is 0 Å². The Kier molecular flexibility index (Phi) is 7.78. The number of nitrogens with one attached hydrogen (secondary N) is 1. The maximum absolute atomic E-state index is 13.5. The second-order valence-electron chi connectivity index (χ2n) is 7.78. The zero-order valence-electron chi connectivity index (χ0n) is 18.4. The third-order valence-corrected chi connectivity index (χ3v) is 5.76. The number of carbonyl (C=O) groups is 1. The van der Waals surface area contributed by atoms with E-state index in [2.05, 4.69) is 5.32 Å². The summed E-state index contributed by atoms with van der Waals surface area (Å²) in [5, 5.41) is 8.01. The Morgan fingerprint density at radius 1 is 1.19 bits per heavy atom. The molecule has 0 unspecified atom stereocenters. The van der Waals surface area contributed by atoms with Gasteiger partial charge in [-0.2, -0.15) is 5.10 Å². The minimum absolute atomic E-state index is 0.0446. The summed E-state index contributed by atoms with van der Waals surface area (Å²) in [6.45, 7) is 2.44. The van der Waals surface area contributed by atoms with Crippen LogP contribution in [0.2, 0.25) is 5.02 Å². The maximum atomic E-state index is 13.5. The van der Waals surface area contributed by atoms with E-state index in [-0.39, 0.29) is 24.3 Å². The third-order valence-electron chi connectivity index (χ3n) is 5.03. The fourth-order valence-electron chi connectivity index (χ4n) is 3.13. The highest BCUT2D eigenvalue weighted by molar-refractivity contribution is 7.71. The summed E-state index contributed by atoms with van der Waals surface area (Å²) < 4.78 is 17.4. The number of hydrogen-bond acceptors (Lipinski definition) is 5. The minimum Gasteiger partial charge on any atom is -0.324 e. The summed E-state index contributed by atoms with van der Waals surface area (Å²) in [4.78, 5) is 16.3. The van der Waals surface area contributed by atoms with Crippen LogP contribution in [0.4, 0.5) is 10.1 Å². The highest BCUT2D eigenvalue weighted by Crippen LogP contribution is 2.22. The van der Waals surface area contributed by atoms with Gasteiger partial charge in [0.15, 0.2) is 5.82 Å². The molecular weight excluding hydrogens is 451 g/mol. The molecule has 1 amide bonds. The second kappa shape index (κ2) is 10.4. The molecule has 3 aromatic rings. The summed E-state index contributed by atoms with van der Waals surface area (Å²) in [5.41, 5.74) is 1.29. The van der Waals surface area contributed by atoms with E-state index in [1.54, 1.807) is 53.0 Å². The summed E-state index contributed by atoms with van der Waals surface area (Å²) in [6, 6.07) is 13.2. The van der Waals surface area contributed by atoms with Gasteiger partial charge in [-0.1, -0.05) is 23.7 Å². The minimum atomic E-state index is -0.320. The molecule has 0 aliphatic rings. The normalized spacial score (nSPS) is 12.4. The Morgan fingerprint density at radius 2 is 1.84 bits per heavy atom. The Bertz CT molecular complexity index is 1140. The summed E-state index contributed by atoms with van der Waals surface area (Å²) in [6.07, 6.45) is 0. The summed E-state index contributed by atoms with van der Waals surface area (Å²) >= 11 is 11.8. The molecule has 1 aromatic heterocycles. The van der Waals surface area contributed by atoms with Crippen molar-refractivity contribution < 1.29 is 9.18 Å². The highest BCUT2D eigenvalue weighted by Gasteiger charge is 2.21. The van der Waals surface area contributed by atoms with Crippen molar-refractivity contribution in [2.24, 2.45) is 0 Å². The molecular formula is C22H26ClFN6OS. The van der Waals surface area contributed by atoms with Crippen LogP contribution < -0.4 is 5.32 Å². The maximum Gasteiger partial charge on any atom is 0.238 e. The number of nitrogens with zero attached hydrogens (tertiary/aromatic N) is 5. The number of likely N-dealkylation sites (N-methyl/N-ethyl adjacent to an activating group) is 1. The van der Waals surface area contributed by atoms with Gasteiger partial charge in [0.2, 0.25) is 10.7 Å². The van der Waals surface area contributed by atoms with E-state index in [4.69, 9.17) is 28.9 Å². The van der Waals surface area contributed by atoms with Crippen LogP contribution in [0, 0.1) is 10.6 Å². The van der Waals surface area contributed by atoms with Crippen LogP contribution in [0.3, 0.4) is 0 Å². The number of benzene rings is 2. The first-order valence-corrected chi connectivity index (χ1v) is 10.8. The SMILES string of the molecule is C[C@@H](c1nn(CN(C)CC(=O)Nc2ccccc2Cl)c(=S)n1-c1ccc(F)cc1)N(C)C. The lowest BCUT2D eigenvalue weighted by Gasteiger charge is -2.19. The van der Waals surface area contributed by atoms with E-state index in [1.807, 2.05) is 30.5 Å². The van der Waals surface area contributed by atoms with Gasteiger partial charge in [0.1, 0.15) is 5.82 Å². The summed E-state index contributed by atoms with van der Waals surface area (Å²) in [7, 11) is 5.71. The molecule has 10 heteroatoms. The molecule has 1 heterocycles. The lowest BCUT2D eigenvalue weighted by molar-refractivity contribution is -0.117. The van der Waals surface area contributed by atoms with Crippen molar-refractivity contribution in [3.05, 3.63) is 70.0 Å². The van der Waals surface area contributed by atoms with Crippen LogP contribution in [0.15, 0.2) is 48.5 Å². The van der Waals surface area contributed by atoms with Gasteiger partial charge in [-0.05, 0) is 76.7 Å². The number of aromatic nitrogens is 3. The van der Waals surface area contributed by atoms with Gasteiger partial charge in [0.05, 0.1) is 30.0 Å². The Hall–Kier alpha value is -2.59. The molecule has 32 heavy (non-hydrogen) atoms. The zero-order valence-corrected chi connectivity index (χ0v) is 20.0. The highest BCUT2D eigenvalue weighted by atomic mass is 35.5. The van der Waals surface area contributed by atoms with Gasteiger partial charge in [-0.25, -0.2) is 9.07 Å². The summed E-state index contributed by atoms with van der Waals surface area (Å²) in [5.74, 6) is 0.201. The van der Waals surface area contributed by atoms with Crippen molar-refractivity contribution in [1.29, 1.82) is 0 Å². The molecule has 7 nitrogen and oxygen atoms in total. The zero-order chi connectivity index (χ0) is 23.4. The molecule has 0 spiro atoms. The fourth-order valence-corrected chi connectivity index (χ4v) is 3.61. The first kappa shape index (κ1) is 24.1. The number of carbonyl (C=O) groups excluding carboxylic acids is 1. The fraction of sp³-hybridized carbons (Fsp3) is 0.318. The molecule has 0 saturated carbocycles. The lowest BCUT2D eigenvalue weighted by atomic mass is 10.2. The van der Waals surface area contributed by atoms with Gasteiger partial charge >= 0.3 is 0 Å². The van der Waals surface area contributed by atoms with Crippen molar-refractivity contribution in [2.75, 3.05) is 33.0 Å². The molecule has 1 atom stereocenters. The van der Waals surface area contributed by atoms with Crippen molar-refractivity contribution in [3.63, 3.8) is 0 Å². The van der Waals surface area contributed by atoms with Gasteiger partial charge < -0.3 is 5.32 Å². The molecule has 0 aliphatic carbocycles. The van der Waals surface area contributed by atoms with Crippen LogP contribution >= 0.6 is 23.8 Å². The van der Waals surface area contributed by atoms with E-state index < -0.39 is 0 Å². The molecule has 2 aromatic carbocycles. The average Bonchev–Trinajstić information content (AvgIpc) is 3.05. The van der Waals surface area contributed by atoms with Gasteiger partial charge in [-0.3, -0.25) is 19.2 Å². The van der Waals surface area contributed by atoms with Crippen LogP contribution in [0.1, 0.15) is 18.8 Å². The van der Waals surface area contributed by atoms with E-state index in [1.165, 1.54) is 12.1 Å². The smallest absolute Gasteiger partial charge is 0.238 e. The number of rotatable bonds is 8. The lowest BCUT2D eigenvalue weighted by Crippen LogP contribution is -2.32.